The lowest BCUT2D eigenvalue weighted by Gasteiger charge is -2.35. The quantitative estimate of drug-likeness (QED) is 0.700. The molecule has 18 heavy (non-hydrogen) atoms. The number of methoxy groups -OCH3 is 1. The summed E-state index contributed by atoms with van der Waals surface area (Å²) < 4.78 is 4.86. The number of nitrogens with zero attached hydrogens (tertiary/aromatic N) is 2. The minimum absolute atomic E-state index is 0.161. The lowest BCUT2D eigenvalue weighted by molar-refractivity contribution is -0.152. The maximum absolute atomic E-state index is 11.7. The Bertz CT molecular complexity index is 279. The fourth-order valence-corrected chi connectivity index (χ4v) is 2.57. The van der Waals surface area contributed by atoms with Crippen LogP contribution in [0.1, 0.15) is 33.1 Å². The van der Waals surface area contributed by atoms with Crippen LogP contribution in [-0.4, -0.2) is 62.1 Å². The van der Waals surface area contributed by atoms with Gasteiger partial charge < -0.3 is 9.64 Å². The van der Waals surface area contributed by atoms with Gasteiger partial charge in [-0.05, 0) is 66.2 Å². The zero-order valence-electron chi connectivity index (χ0n) is 12.5. The fourth-order valence-electron chi connectivity index (χ4n) is 2.57. The second-order valence-corrected chi connectivity index (χ2v) is 6.03. The van der Waals surface area contributed by atoms with Crippen molar-refractivity contribution in [3.63, 3.8) is 0 Å². The molecular formula is C14H28N2O2. The molecule has 0 aromatic heterocycles. The molecular weight excluding hydrogens is 228 g/mol. The Kier molecular flexibility index (Phi) is 5.60. The van der Waals surface area contributed by atoms with Gasteiger partial charge in [0, 0.05) is 6.54 Å². The normalized spacial score (nSPS) is 22.2. The average molecular weight is 256 g/mol. The number of rotatable bonds is 5. The summed E-state index contributed by atoms with van der Waals surface area (Å²) in [5.41, 5.74) is -0.532. The molecule has 1 heterocycles. The third-order valence-corrected chi connectivity index (χ3v) is 4.23. The molecule has 1 rings (SSSR count). The number of likely N-dealkylation sites (N-methyl/N-ethyl adjacent to an activating group) is 1. The monoisotopic (exact) mass is 256 g/mol. The number of likely N-dealkylation sites (tertiary alicyclic amines) is 1. The Morgan fingerprint density at radius 3 is 2.72 bits per heavy atom. The van der Waals surface area contributed by atoms with E-state index in [1.54, 1.807) is 0 Å². The topological polar surface area (TPSA) is 32.8 Å². The second-order valence-electron chi connectivity index (χ2n) is 6.03. The maximum atomic E-state index is 11.7. The summed E-state index contributed by atoms with van der Waals surface area (Å²) in [6.45, 7) is 7.20. The summed E-state index contributed by atoms with van der Waals surface area (Å²) in [5, 5.41) is 0. The van der Waals surface area contributed by atoms with Gasteiger partial charge in [-0.2, -0.15) is 0 Å². The van der Waals surface area contributed by atoms with E-state index in [0.717, 1.165) is 18.9 Å². The van der Waals surface area contributed by atoms with Crippen molar-refractivity contribution in [2.45, 2.75) is 38.6 Å². The maximum Gasteiger partial charge on any atom is 0.325 e. The van der Waals surface area contributed by atoms with Gasteiger partial charge in [0.15, 0.2) is 0 Å². The van der Waals surface area contributed by atoms with E-state index in [9.17, 15) is 4.79 Å². The molecule has 106 valence electrons. The van der Waals surface area contributed by atoms with E-state index in [1.807, 2.05) is 20.9 Å². The van der Waals surface area contributed by atoms with Crippen molar-refractivity contribution in [2.24, 2.45) is 5.92 Å². The molecule has 1 aliphatic heterocycles. The SMILES string of the molecule is COC(=O)C(C)(C)N(C)CCC1CCCN(C)C1. The minimum Gasteiger partial charge on any atom is -0.468 e. The highest BCUT2D eigenvalue weighted by atomic mass is 16.5. The first kappa shape index (κ1) is 15.4. The predicted octanol–water partition coefficient (Wildman–Crippen LogP) is 1.60. The standard InChI is InChI=1S/C14H28N2O2/c1-14(2,13(17)18-5)16(4)10-8-12-7-6-9-15(3)11-12/h12H,6-11H2,1-5H3. The number of ether oxygens (including phenoxy) is 1. The Morgan fingerprint density at radius 1 is 1.50 bits per heavy atom. The molecule has 1 fully saturated rings. The van der Waals surface area contributed by atoms with Crippen molar-refractivity contribution >= 4 is 5.97 Å². The van der Waals surface area contributed by atoms with Gasteiger partial charge in [-0.15, -0.1) is 0 Å². The number of piperidine rings is 1. The molecule has 0 aromatic carbocycles. The highest BCUT2D eigenvalue weighted by Crippen LogP contribution is 2.21. The van der Waals surface area contributed by atoms with Crippen LogP contribution in [0.25, 0.3) is 0 Å². The second kappa shape index (κ2) is 6.53. The molecule has 0 radical (unpaired) electrons. The van der Waals surface area contributed by atoms with Crippen LogP contribution < -0.4 is 0 Å². The summed E-state index contributed by atoms with van der Waals surface area (Å²) in [6.07, 6.45) is 3.77. The number of carbonyl (C=O) groups excluding carboxylic acids is 1. The molecule has 1 aliphatic rings. The highest BCUT2D eigenvalue weighted by Gasteiger charge is 2.33. The van der Waals surface area contributed by atoms with Crippen LogP contribution in [0.3, 0.4) is 0 Å². The third kappa shape index (κ3) is 3.95. The Morgan fingerprint density at radius 2 is 2.17 bits per heavy atom. The van der Waals surface area contributed by atoms with Gasteiger partial charge in [-0.25, -0.2) is 0 Å². The van der Waals surface area contributed by atoms with Crippen LogP contribution in [0.2, 0.25) is 0 Å². The molecule has 4 heteroatoms. The van der Waals surface area contributed by atoms with Crippen molar-refractivity contribution in [1.29, 1.82) is 0 Å². The fraction of sp³-hybridized carbons (Fsp3) is 0.929. The summed E-state index contributed by atoms with van der Waals surface area (Å²) >= 11 is 0. The minimum atomic E-state index is -0.532. The molecule has 1 atom stereocenters. The highest BCUT2D eigenvalue weighted by molar-refractivity contribution is 5.79. The predicted molar refractivity (Wildman–Crippen MR) is 73.6 cm³/mol. The van der Waals surface area contributed by atoms with Crippen molar-refractivity contribution in [2.75, 3.05) is 40.8 Å². The smallest absolute Gasteiger partial charge is 0.325 e. The summed E-state index contributed by atoms with van der Waals surface area (Å²) in [5.74, 6) is 0.602. The molecule has 0 aromatic rings. The molecule has 4 nitrogen and oxygen atoms in total. The molecule has 0 bridgehead atoms. The van der Waals surface area contributed by atoms with Crippen LogP contribution in [-0.2, 0) is 9.53 Å². The number of esters is 1. The van der Waals surface area contributed by atoms with Crippen LogP contribution >= 0.6 is 0 Å². The van der Waals surface area contributed by atoms with Gasteiger partial charge in [0.1, 0.15) is 5.54 Å². The molecule has 1 saturated heterocycles. The Labute approximate surface area is 111 Å². The number of hydrogen-bond acceptors (Lipinski definition) is 4. The first-order valence-electron chi connectivity index (χ1n) is 6.86. The van der Waals surface area contributed by atoms with E-state index in [1.165, 1.54) is 33.0 Å². The summed E-state index contributed by atoms with van der Waals surface area (Å²) in [4.78, 5) is 16.2. The van der Waals surface area contributed by atoms with Crippen molar-refractivity contribution in [3.8, 4) is 0 Å². The summed E-state index contributed by atoms with van der Waals surface area (Å²) in [7, 11) is 5.64. The van der Waals surface area contributed by atoms with E-state index in [4.69, 9.17) is 4.74 Å². The van der Waals surface area contributed by atoms with Gasteiger partial charge in [0.2, 0.25) is 0 Å². The number of carbonyl (C=O) groups is 1. The van der Waals surface area contributed by atoms with E-state index in [0.29, 0.717) is 0 Å². The zero-order chi connectivity index (χ0) is 13.8. The van der Waals surface area contributed by atoms with E-state index in [2.05, 4.69) is 16.8 Å². The van der Waals surface area contributed by atoms with Gasteiger partial charge >= 0.3 is 5.97 Å². The van der Waals surface area contributed by atoms with Gasteiger partial charge in [-0.1, -0.05) is 0 Å². The van der Waals surface area contributed by atoms with E-state index in [-0.39, 0.29) is 5.97 Å². The van der Waals surface area contributed by atoms with Gasteiger partial charge in [0.05, 0.1) is 7.11 Å². The van der Waals surface area contributed by atoms with Crippen LogP contribution in [0.5, 0.6) is 0 Å². The molecule has 0 amide bonds. The summed E-state index contributed by atoms with van der Waals surface area (Å²) in [6, 6.07) is 0. The van der Waals surface area contributed by atoms with E-state index < -0.39 is 5.54 Å². The molecule has 0 spiro atoms. The van der Waals surface area contributed by atoms with Gasteiger partial charge in [0.25, 0.3) is 0 Å². The lowest BCUT2D eigenvalue weighted by Crippen LogP contribution is -2.49. The molecule has 0 saturated carbocycles. The lowest BCUT2D eigenvalue weighted by atomic mass is 9.94. The van der Waals surface area contributed by atoms with Crippen molar-refractivity contribution in [3.05, 3.63) is 0 Å². The Balaban J connectivity index is 2.40. The average Bonchev–Trinajstić information content (AvgIpc) is 2.34. The Hall–Kier alpha value is -0.610. The van der Waals surface area contributed by atoms with Crippen LogP contribution in [0.15, 0.2) is 0 Å². The van der Waals surface area contributed by atoms with Crippen LogP contribution in [0, 0.1) is 5.92 Å². The largest absolute Gasteiger partial charge is 0.468 e. The molecule has 0 N–H and O–H groups in total. The first-order valence-corrected chi connectivity index (χ1v) is 6.86. The molecule has 0 aliphatic carbocycles. The van der Waals surface area contributed by atoms with Crippen LogP contribution in [0.4, 0.5) is 0 Å². The van der Waals surface area contributed by atoms with Crippen molar-refractivity contribution < 1.29 is 9.53 Å². The molecule has 1 unspecified atom stereocenters. The van der Waals surface area contributed by atoms with E-state index >= 15 is 0 Å². The first-order chi connectivity index (χ1) is 8.37. The third-order valence-electron chi connectivity index (χ3n) is 4.23. The van der Waals surface area contributed by atoms with Crippen molar-refractivity contribution in [1.82, 2.24) is 9.80 Å². The number of hydrogen-bond donors (Lipinski definition) is 0. The zero-order valence-corrected chi connectivity index (χ0v) is 12.5. The van der Waals surface area contributed by atoms with Gasteiger partial charge in [-0.3, -0.25) is 9.69 Å².